The van der Waals surface area contributed by atoms with Crippen LogP contribution in [0.2, 0.25) is 0 Å². The molecule has 1 unspecified atom stereocenters. The first kappa shape index (κ1) is 66.9. The first-order valence-corrected chi connectivity index (χ1v) is 30.8. The number of ether oxygens (including phenoxy) is 3. The number of allylic oxidation sites excluding steroid dienone is 4. The molecule has 0 heterocycles. The van der Waals surface area contributed by atoms with E-state index in [1.54, 1.807) is 0 Å². The summed E-state index contributed by atoms with van der Waals surface area (Å²) in [5, 5.41) is 0. The van der Waals surface area contributed by atoms with Crippen LogP contribution >= 0.6 is 0 Å². The van der Waals surface area contributed by atoms with E-state index in [2.05, 4.69) is 45.1 Å². The summed E-state index contributed by atoms with van der Waals surface area (Å²) in [7, 11) is 0. The van der Waals surface area contributed by atoms with E-state index in [1.807, 2.05) is 0 Å². The van der Waals surface area contributed by atoms with Crippen LogP contribution in [0.3, 0.4) is 0 Å². The van der Waals surface area contributed by atoms with Crippen LogP contribution in [-0.2, 0) is 28.6 Å². The van der Waals surface area contributed by atoms with Gasteiger partial charge in [0.2, 0.25) is 0 Å². The molecule has 0 rings (SSSR count). The number of hydrogen-bond donors (Lipinski definition) is 0. The molecule has 0 aliphatic rings. The maximum atomic E-state index is 12.9. The van der Waals surface area contributed by atoms with E-state index in [4.69, 9.17) is 14.2 Å². The molecule has 0 aromatic rings. The SMILES string of the molecule is CCCC/C=C\CCCCCCCC(=O)OCC(COC(=O)CCCCCCCCCCCCCCCCCCCCCCCC)OC(=O)CCCCCCCCC/C=C\CCCCCCCCC. The van der Waals surface area contributed by atoms with Crippen molar-refractivity contribution < 1.29 is 28.6 Å². The molecule has 0 fully saturated rings. The average Bonchev–Trinajstić information content (AvgIpc) is 3.35. The van der Waals surface area contributed by atoms with Gasteiger partial charge in [-0.1, -0.05) is 283 Å². The molecule has 0 radical (unpaired) electrons. The molecule has 69 heavy (non-hydrogen) atoms. The second kappa shape index (κ2) is 58.5. The molecule has 0 aliphatic carbocycles. The fourth-order valence-electron chi connectivity index (χ4n) is 9.25. The van der Waals surface area contributed by atoms with Gasteiger partial charge >= 0.3 is 17.9 Å². The van der Waals surface area contributed by atoms with Gasteiger partial charge in [-0.2, -0.15) is 0 Å². The molecule has 6 heteroatoms. The molecule has 0 aromatic carbocycles. The standard InChI is InChI=1S/C63H118O6/c1-4-7-10-13-16-19-22-24-26-28-30-31-32-33-35-36-38-41-44-47-50-53-56-62(65)68-59-60(58-67-61(64)55-52-49-46-43-40-21-18-15-12-9-6-3)69-63(66)57-54-51-48-45-42-39-37-34-29-27-25-23-20-17-14-11-8-5-2/h15,18,27,29,60H,4-14,16-17,19-26,28,30-59H2,1-3H3/b18-15-,29-27-. The Morgan fingerprint density at radius 1 is 0.275 bits per heavy atom. The fraction of sp³-hybridized carbons (Fsp3) is 0.889. The number of unbranched alkanes of at least 4 members (excludes halogenated alkanes) is 42. The van der Waals surface area contributed by atoms with Crippen molar-refractivity contribution in [3.63, 3.8) is 0 Å². The zero-order valence-corrected chi connectivity index (χ0v) is 46.6. The van der Waals surface area contributed by atoms with Crippen LogP contribution in [0.15, 0.2) is 24.3 Å². The molecule has 0 aromatic heterocycles. The molecule has 406 valence electrons. The number of rotatable bonds is 57. The quantitative estimate of drug-likeness (QED) is 0.0261. The van der Waals surface area contributed by atoms with Gasteiger partial charge in [0.15, 0.2) is 6.10 Å². The van der Waals surface area contributed by atoms with Crippen molar-refractivity contribution >= 4 is 17.9 Å². The minimum atomic E-state index is -0.773. The molecule has 0 saturated carbocycles. The molecule has 1 atom stereocenters. The Hall–Kier alpha value is -2.11. The van der Waals surface area contributed by atoms with Crippen molar-refractivity contribution in [3.8, 4) is 0 Å². The van der Waals surface area contributed by atoms with Crippen LogP contribution in [0, 0.1) is 0 Å². The third-order valence-electron chi connectivity index (χ3n) is 13.9. The zero-order chi connectivity index (χ0) is 50.0. The topological polar surface area (TPSA) is 78.9 Å². The van der Waals surface area contributed by atoms with Gasteiger partial charge in [-0.3, -0.25) is 14.4 Å². The van der Waals surface area contributed by atoms with Crippen LogP contribution < -0.4 is 0 Å². The zero-order valence-electron chi connectivity index (χ0n) is 46.6. The Labute approximate surface area is 430 Å². The van der Waals surface area contributed by atoms with Gasteiger partial charge in [0.05, 0.1) is 0 Å². The van der Waals surface area contributed by atoms with Crippen molar-refractivity contribution in [2.24, 2.45) is 0 Å². The maximum absolute atomic E-state index is 12.9. The Kier molecular flexibility index (Phi) is 56.7. The molecule has 0 saturated heterocycles. The van der Waals surface area contributed by atoms with Crippen LogP contribution in [0.4, 0.5) is 0 Å². The first-order valence-electron chi connectivity index (χ1n) is 30.8. The maximum Gasteiger partial charge on any atom is 0.306 e. The van der Waals surface area contributed by atoms with E-state index in [0.29, 0.717) is 19.3 Å². The highest BCUT2D eigenvalue weighted by atomic mass is 16.6. The Bertz CT molecular complexity index is 1110. The van der Waals surface area contributed by atoms with E-state index >= 15 is 0 Å². The van der Waals surface area contributed by atoms with Gasteiger partial charge in [-0.15, -0.1) is 0 Å². The van der Waals surface area contributed by atoms with Gasteiger partial charge in [0.25, 0.3) is 0 Å². The summed E-state index contributed by atoms with van der Waals surface area (Å²) < 4.78 is 16.9. The number of hydrogen-bond acceptors (Lipinski definition) is 6. The van der Waals surface area contributed by atoms with Crippen molar-refractivity contribution in [2.45, 2.75) is 348 Å². The highest BCUT2D eigenvalue weighted by Gasteiger charge is 2.19. The highest BCUT2D eigenvalue weighted by molar-refractivity contribution is 5.71. The van der Waals surface area contributed by atoms with Crippen LogP contribution in [0.25, 0.3) is 0 Å². The van der Waals surface area contributed by atoms with Crippen LogP contribution in [0.5, 0.6) is 0 Å². The molecule has 0 spiro atoms. The number of carbonyl (C=O) groups is 3. The van der Waals surface area contributed by atoms with E-state index < -0.39 is 6.10 Å². The predicted molar refractivity (Wildman–Crippen MR) is 298 cm³/mol. The summed E-state index contributed by atoms with van der Waals surface area (Å²) in [6.45, 7) is 6.65. The summed E-state index contributed by atoms with van der Waals surface area (Å²) >= 11 is 0. The lowest BCUT2D eigenvalue weighted by molar-refractivity contribution is -0.167. The first-order chi connectivity index (χ1) is 34.0. The Balaban J connectivity index is 4.24. The minimum absolute atomic E-state index is 0.0711. The third-order valence-corrected chi connectivity index (χ3v) is 13.9. The van der Waals surface area contributed by atoms with Crippen LogP contribution in [-0.4, -0.2) is 37.2 Å². The second-order valence-electron chi connectivity index (χ2n) is 21.0. The highest BCUT2D eigenvalue weighted by Crippen LogP contribution is 2.17. The van der Waals surface area contributed by atoms with E-state index in [-0.39, 0.29) is 31.1 Å². The summed E-state index contributed by atoms with van der Waals surface area (Å²) in [5.41, 5.74) is 0. The molecule has 0 bridgehead atoms. The number of carbonyl (C=O) groups excluding carboxylic acids is 3. The van der Waals surface area contributed by atoms with Gasteiger partial charge in [0, 0.05) is 19.3 Å². The Morgan fingerprint density at radius 2 is 0.493 bits per heavy atom. The fourth-order valence-corrected chi connectivity index (χ4v) is 9.25. The predicted octanol–water partition coefficient (Wildman–Crippen LogP) is 20.7. The molecule has 0 N–H and O–H groups in total. The summed E-state index contributed by atoms with van der Waals surface area (Å²) in [6.07, 6.45) is 69.0. The average molecular weight is 972 g/mol. The summed E-state index contributed by atoms with van der Waals surface area (Å²) in [4.78, 5) is 38.2. The smallest absolute Gasteiger partial charge is 0.306 e. The molecule has 6 nitrogen and oxygen atoms in total. The molecular weight excluding hydrogens is 853 g/mol. The third kappa shape index (κ3) is 56.7. The summed E-state index contributed by atoms with van der Waals surface area (Å²) in [5.74, 6) is -0.864. The lowest BCUT2D eigenvalue weighted by atomic mass is 10.0. The van der Waals surface area contributed by atoms with Crippen molar-refractivity contribution in [3.05, 3.63) is 24.3 Å². The molecule has 0 amide bonds. The largest absolute Gasteiger partial charge is 0.462 e. The van der Waals surface area contributed by atoms with Crippen LogP contribution in [0.1, 0.15) is 342 Å². The van der Waals surface area contributed by atoms with Crippen molar-refractivity contribution in [1.82, 2.24) is 0 Å². The second-order valence-corrected chi connectivity index (χ2v) is 21.0. The van der Waals surface area contributed by atoms with Crippen molar-refractivity contribution in [1.29, 1.82) is 0 Å². The molecular formula is C63H118O6. The van der Waals surface area contributed by atoms with Gasteiger partial charge < -0.3 is 14.2 Å². The molecule has 0 aliphatic heterocycles. The lowest BCUT2D eigenvalue weighted by Gasteiger charge is -2.18. The van der Waals surface area contributed by atoms with Gasteiger partial charge in [-0.25, -0.2) is 0 Å². The van der Waals surface area contributed by atoms with E-state index in [0.717, 1.165) is 64.2 Å². The van der Waals surface area contributed by atoms with E-state index in [9.17, 15) is 14.4 Å². The van der Waals surface area contributed by atoms with Crippen molar-refractivity contribution in [2.75, 3.05) is 13.2 Å². The normalized spacial score (nSPS) is 12.1. The lowest BCUT2D eigenvalue weighted by Crippen LogP contribution is -2.30. The minimum Gasteiger partial charge on any atom is -0.462 e. The van der Waals surface area contributed by atoms with Gasteiger partial charge in [0.1, 0.15) is 13.2 Å². The summed E-state index contributed by atoms with van der Waals surface area (Å²) in [6, 6.07) is 0. The monoisotopic (exact) mass is 971 g/mol. The van der Waals surface area contributed by atoms with E-state index in [1.165, 1.54) is 238 Å². The van der Waals surface area contributed by atoms with Gasteiger partial charge in [-0.05, 0) is 64.2 Å². The number of esters is 3. The Morgan fingerprint density at radius 3 is 0.768 bits per heavy atom.